The number of nitrogens with two attached hydrogens (primary N) is 1. The Morgan fingerprint density at radius 3 is 2.71 bits per heavy atom. The summed E-state index contributed by atoms with van der Waals surface area (Å²) in [6.07, 6.45) is 3.96. The fourth-order valence-corrected chi connectivity index (χ4v) is 3.11. The standard InChI is InChI=1S/C19H20BrN3O/c1-2-3-15(22-14-7-4-12(20)5-8-14)11-17-16-10-13(21)6-9-18(16)23-19(17)24/h4-11,15,22H,2-3,21H2,1H3,(H,23,24). The third kappa shape index (κ3) is 3.62. The summed E-state index contributed by atoms with van der Waals surface area (Å²) < 4.78 is 1.04. The van der Waals surface area contributed by atoms with Crippen molar-refractivity contribution in [3.63, 3.8) is 0 Å². The number of hydrogen-bond donors (Lipinski definition) is 3. The average Bonchev–Trinajstić information content (AvgIpc) is 2.85. The number of fused-ring (bicyclic) bond motifs is 1. The van der Waals surface area contributed by atoms with Crippen LogP contribution in [-0.2, 0) is 4.79 Å². The van der Waals surface area contributed by atoms with Crippen LogP contribution < -0.4 is 16.4 Å². The third-order valence-electron chi connectivity index (χ3n) is 3.99. The van der Waals surface area contributed by atoms with E-state index in [9.17, 15) is 4.79 Å². The van der Waals surface area contributed by atoms with Crippen LogP contribution in [0.15, 0.2) is 53.0 Å². The Hall–Kier alpha value is -2.27. The van der Waals surface area contributed by atoms with Crippen molar-refractivity contribution in [1.29, 1.82) is 0 Å². The van der Waals surface area contributed by atoms with Crippen molar-refractivity contribution in [3.05, 3.63) is 58.6 Å². The molecule has 0 radical (unpaired) electrons. The van der Waals surface area contributed by atoms with Crippen LogP contribution in [0.25, 0.3) is 5.57 Å². The van der Waals surface area contributed by atoms with Gasteiger partial charge in [0, 0.05) is 38.7 Å². The first-order valence-corrected chi connectivity index (χ1v) is 8.81. The summed E-state index contributed by atoms with van der Waals surface area (Å²) in [7, 11) is 0. The van der Waals surface area contributed by atoms with Crippen molar-refractivity contribution in [2.45, 2.75) is 25.8 Å². The van der Waals surface area contributed by atoms with E-state index >= 15 is 0 Å². The Kier molecular flexibility index (Phi) is 4.90. The van der Waals surface area contributed by atoms with Gasteiger partial charge >= 0.3 is 0 Å². The van der Waals surface area contributed by atoms with Crippen molar-refractivity contribution >= 4 is 44.5 Å². The highest BCUT2D eigenvalue weighted by atomic mass is 79.9. The maximum atomic E-state index is 12.3. The molecule has 1 unspecified atom stereocenters. The first-order chi connectivity index (χ1) is 11.6. The SMILES string of the molecule is CCCC(C=C1C(=O)Nc2ccc(N)cc21)Nc1ccc(Br)cc1. The summed E-state index contributed by atoms with van der Waals surface area (Å²) >= 11 is 3.44. The fourth-order valence-electron chi connectivity index (χ4n) is 2.84. The van der Waals surface area contributed by atoms with Gasteiger partial charge in [-0.2, -0.15) is 0 Å². The Balaban J connectivity index is 1.89. The second kappa shape index (κ2) is 7.09. The second-order valence-corrected chi connectivity index (χ2v) is 6.80. The van der Waals surface area contributed by atoms with Crippen LogP contribution in [0.4, 0.5) is 17.1 Å². The molecule has 0 saturated carbocycles. The number of carbonyl (C=O) groups excluding carboxylic acids is 1. The Labute approximate surface area is 150 Å². The van der Waals surface area contributed by atoms with Gasteiger partial charge in [-0.25, -0.2) is 0 Å². The maximum absolute atomic E-state index is 12.3. The molecule has 5 heteroatoms. The van der Waals surface area contributed by atoms with E-state index in [2.05, 4.69) is 33.5 Å². The summed E-state index contributed by atoms with van der Waals surface area (Å²) in [6.45, 7) is 2.13. The largest absolute Gasteiger partial charge is 0.399 e. The molecule has 0 fully saturated rings. The van der Waals surface area contributed by atoms with Crippen LogP contribution in [0, 0.1) is 0 Å². The quantitative estimate of drug-likeness (QED) is 0.518. The number of benzene rings is 2. The lowest BCUT2D eigenvalue weighted by Crippen LogP contribution is -2.18. The van der Waals surface area contributed by atoms with E-state index in [0.717, 1.165) is 34.3 Å². The van der Waals surface area contributed by atoms with Crippen molar-refractivity contribution in [1.82, 2.24) is 0 Å². The van der Waals surface area contributed by atoms with Gasteiger partial charge < -0.3 is 16.4 Å². The van der Waals surface area contributed by atoms with Crippen molar-refractivity contribution in [2.24, 2.45) is 0 Å². The van der Waals surface area contributed by atoms with Crippen molar-refractivity contribution in [2.75, 3.05) is 16.4 Å². The predicted molar refractivity (Wildman–Crippen MR) is 104 cm³/mol. The number of carbonyl (C=O) groups is 1. The molecule has 2 aromatic carbocycles. The van der Waals surface area contributed by atoms with E-state index < -0.39 is 0 Å². The summed E-state index contributed by atoms with van der Waals surface area (Å²) in [6, 6.07) is 13.6. The van der Waals surface area contributed by atoms with E-state index in [1.165, 1.54) is 0 Å². The van der Waals surface area contributed by atoms with Gasteiger partial charge in [-0.3, -0.25) is 4.79 Å². The molecule has 1 aliphatic rings. The van der Waals surface area contributed by atoms with E-state index in [0.29, 0.717) is 11.3 Å². The molecule has 4 nitrogen and oxygen atoms in total. The average molecular weight is 386 g/mol. The van der Waals surface area contributed by atoms with E-state index in [4.69, 9.17) is 5.73 Å². The number of nitrogen functional groups attached to an aromatic ring is 1. The molecule has 1 amide bonds. The molecule has 0 aromatic heterocycles. The molecule has 3 rings (SSSR count). The maximum Gasteiger partial charge on any atom is 0.256 e. The Morgan fingerprint density at radius 1 is 1.25 bits per heavy atom. The second-order valence-electron chi connectivity index (χ2n) is 5.89. The van der Waals surface area contributed by atoms with Crippen LogP contribution in [0.5, 0.6) is 0 Å². The minimum Gasteiger partial charge on any atom is -0.399 e. The highest BCUT2D eigenvalue weighted by molar-refractivity contribution is 9.10. The number of amides is 1. The summed E-state index contributed by atoms with van der Waals surface area (Å²) in [5.74, 6) is -0.0747. The lowest BCUT2D eigenvalue weighted by molar-refractivity contribution is -0.110. The minimum absolute atomic E-state index is 0.0734. The predicted octanol–water partition coefficient (Wildman–Crippen LogP) is 4.65. The highest BCUT2D eigenvalue weighted by Gasteiger charge is 2.25. The first kappa shape index (κ1) is 16.6. The lowest BCUT2D eigenvalue weighted by Gasteiger charge is -2.17. The van der Waals surface area contributed by atoms with Gasteiger partial charge in [-0.1, -0.05) is 29.3 Å². The zero-order valence-corrected chi connectivity index (χ0v) is 15.1. The van der Waals surface area contributed by atoms with Gasteiger partial charge in [-0.15, -0.1) is 0 Å². The molecule has 24 heavy (non-hydrogen) atoms. The van der Waals surface area contributed by atoms with E-state index in [1.54, 1.807) is 6.07 Å². The first-order valence-electron chi connectivity index (χ1n) is 8.02. The van der Waals surface area contributed by atoms with Crippen LogP contribution in [0.2, 0.25) is 0 Å². The number of rotatable bonds is 5. The summed E-state index contributed by atoms with van der Waals surface area (Å²) in [5.41, 5.74) is 9.94. The molecular weight excluding hydrogens is 366 g/mol. The molecule has 0 bridgehead atoms. The Morgan fingerprint density at radius 2 is 2.00 bits per heavy atom. The molecule has 1 aliphatic heterocycles. The molecule has 2 aromatic rings. The normalized spacial score (nSPS) is 15.9. The number of nitrogens with one attached hydrogen (secondary N) is 2. The molecular formula is C19H20BrN3O. The van der Waals surface area contributed by atoms with Gasteiger partial charge in [0.15, 0.2) is 0 Å². The Bertz CT molecular complexity index is 784. The van der Waals surface area contributed by atoms with E-state index in [1.807, 2.05) is 42.5 Å². The monoisotopic (exact) mass is 385 g/mol. The van der Waals surface area contributed by atoms with Gasteiger partial charge in [0.25, 0.3) is 5.91 Å². The number of anilines is 3. The number of halogens is 1. The third-order valence-corrected chi connectivity index (χ3v) is 4.52. The zero-order valence-electron chi connectivity index (χ0n) is 13.5. The highest BCUT2D eigenvalue weighted by Crippen LogP contribution is 2.34. The topological polar surface area (TPSA) is 67.2 Å². The molecule has 1 heterocycles. The van der Waals surface area contributed by atoms with E-state index in [-0.39, 0.29) is 11.9 Å². The lowest BCUT2D eigenvalue weighted by atomic mass is 10.0. The van der Waals surface area contributed by atoms with Crippen molar-refractivity contribution in [3.8, 4) is 0 Å². The molecule has 0 saturated heterocycles. The summed E-state index contributed by atoms with van der Waals surface area (Å²) in [4.78, 5) is 12.3. The van der Waals surface area contributed by atoms with Crippen LogP contribution in [0.1, 0.15) is 25.3 Å². The summed E-state index contributed by atoms with van der Waals surface area (Å²) in [5, 5.41) is 6.39. The van der Waals surface area contributed by atoms with Crippen LogP contribution >= 0.6 is 15.9 Å². The number of hydrogen-bond acceptors (Lipinski definition) is 3. The van der Waals surface area contributed by atoms with Gasteiger partial charge in [0.05, 0.1) is 0 Å². The zero-order chi connectivity index (χ0) is 17.1. The van der Waals surface area contributed by atoms with Crippen LogP contribution in [0.3, 0.4) is 0 Å². The minimum atomic E-state index is -0.0747. The van der Waals surface area contributed by atoms with Gasteiger partial charge in [-0.05, 0) is 55.0 Å². The van der Waals surface area contributed by atoms with Crippen molar-refractivity contribution < 1.29 is 4.79 Å². The molecule has 0 aliphatic carbocycles. The fraction of sp³-hybridized carbons (Fsp3) is 0.211. The smallest absolute Gasteiger partial charge is 0.256 e. The molecule has 124 valence electrons. The van der Waals surface area contributed by atoms with Gasteiger partial charge in [0.1, 0.15) is 0 Å². The van der Waals surface area contributed by atoms with Crippen LogP contribution in [-0.4, -0.2) is 11.9 Å². The molecule has 1 atom stereocenters. The van der Waals surface area contributed by atoms with Gasteiger partial charge in [0.2, 0.25) is 0 Å². The molecule has 0 spiro atoms. The molecule has 4 N–H and O–H groups in total.